The zero-order valence-corrected chi connectivity index (χ0v) is 13.0. The summed E-state index contributed by atoms with van der Waals surface area (Å²) >= 11 is 0. The van der Waals surface area contributed by atoms with Gasteiger partial charge in [-0.25, -0.2) is 0 Å². The fourth-order valence-corrected chi connectivity index (χ4v) is 1.94. The molecule has 1 aromatic carbocycles. The van der Waals surface area contributed by atoms with E-state index < -0.39 is 6.10 Å². The van der Waals surface area contributed by atoms with Crippen molar-refractivity contribution >= 4 is 6.47 Å². The summed E-state index contributed by atoms with van der Waals surface area (Å²) in [7, 11) is 1.47. The highest BCUT2D eigenvalue weighted by Crippen LogP contribution is 2.31. The molecule has 0 amide bonds. The number of aromatic hydroxyl groups is 1. The third kappa shape index (κ3) is 4.77. The minimum atomic E-state index is -0.440. The van der Waals surface area contributed by atoms with Crippen LogP contribution >= 0.6 is 0 Å². The number of aromatic nitrogens is 1. The summed E-state index contributed by atoms with van der Waals surface area (Å²) in [6, 6.07) is 8.59. The number of nitrogens with zero attached hydrogens (tertiary/aromatic N) is 1. The molecule has 1 atom stereocenters. The Labute approximate surface area is 130 Å². The summed E-state index contributed by atoms with van der Waals surface area (Å²) in [6.07, 6.45) is 3.45. The van der Waals surface area contributed by atoms with Crippen molar-refractivity contribution in [1.82, 2.24) is 4.98 Å². The van der Waals surface area contributed by atoms with Crippen LogP contribution in [-0.4, -0.2) is 23.7 Å². The van der Waals surface area contributed by atoms with Crippen molar-refractivity contribution in [3.8, 4) is 11.5 Å². The number of rotatable bonds is 6. The summed E-state index contributed by atoms with van der Waals surface area (Å²) < 4.78 is 10.2. The van der Waals surface area contributed by atoms with Crippen LogP contribution in [0.3, 0.4) is 0 Å². The van der Waals surface area contributed by atoms with E-state index in [1.807, 2.05) is 26.0 Å². The van der Waals surface area contributed by atoms with Gasteiger partial charge >= 0.3 is 0 Å². The van der Waals surface area contributed by atoms with Crippen LogP contribution < -0.4 is 4.74 Å². The first-order chi connectivity index (χ1) is 10.7. The molecule has 0 aliphatic rings. The molecular weight excluding hydrogens is 282 g/mol. The van der Waals surface area contributed by atoms with E-state index >= 15 is 0 Å². The van der Waals surface area contributed by atoms with E-state index in [0.717, 1.165) is 11.1 Å². The molecule has 2 rings (SSSR count). The molecule has 5 heteroatoms. The largest absolute Gasteiger partial charge is 0.504 e. The predicted molar refractivity (Wildman–Crippen MR) is 83.8 cm³/mol. The molecule has 1 heterocycles. The molecule has 0 radical (unpaired) electrons. The van der Waals surface area contributed by atoms with Crippen molar-refractivity contribution in [2.45, 2.75) is 26.4 Å². The highest BCUT2D eigenvalue weighted by molar-refractivity contribution is 5.44. The summed E-state index contributed by atoms with van der Waals surface area (Å²) in [5.41, 5.74) is 1.75. The molecule has 2 aromatic rings. The molecule has 118 valence electrons. The Hall–Kier alpha value is -2.56. The molecule has 1 N–H and O–H groups in total. The Bertz CT molecular complexity index is 572. The van der Waals surface area contributed by atoms with E-state index in [1.165, 1.54) is 13.2 Å². The lowest BCUT2D eigenvalue weighted by Crippen LogP contribution is -2.07. The number of carbonyl (C=O) groups excluding carboxylic acids is 1. The number of hydrogen-bond donors (Lipinski definition) is 1. The Morgan fingerprint density at radius 3 is 2.50 bits per heavy atom. The van der Waals surface area contributed by atoms with Crippen molar-refractivity contribution < 1.29 is 19.4 Å². The number of phenolic OH excluding ortho intramolecular Hbond substituents is 1. The molecule has 0 fully saturated rings. The number of phenols is 1. The second-order valence-electron chi connectivity index (χ2n) is 4.21. The van der Waals surface area contributed by atoms with Crippen LogP contribution in [0.25, 0.3) is 0 Å². The highest BCUT2D eigenvalue weighted by Gasteiger charge is 2.15. The summed E-state index contributed by atoms with van der Waals surface area (Å²) in [5.74, 6) is 0.391. The lowest BCUT2D eigenvalue weighted by molar-refractivity contribution is -0.133. The molecule has 0 aliphatic heterocycles. The normalized spacial score (nSPS) is 10.9. The van der Waals surface area contributed by atoms with Crippen LogP contribution in [0, 0.1) is 0 Å². The monoisotopic (exact) mass is 303 g/mol. The van der Waals surface area contributed by atoms with Crippen LogP contribution in [0.2, 0.25) is 0 Å². The summed E-state index contributed by atoms with van der Waals surface area (Å²) in [5, 5.41) is 9.59. The standard InChI is InChI=1S/C15H15NO4.C2H6/c1-19-15-9-12(2-3-13(15)18)14(20-10-17)8-11-4-6-16-7-5-11;1-2/h2-7,9-10,14,18H,8H2,1H3;1-2H3/t14-;/m1./s1. The Morgan fingerprint density at radius 2 is 1.91 bits per heavy atom. The first-order valence-corrected chi connectivity index (χ1v) is 7.09. The van der Waals surface area contributed by atoms with Gasteiger partial charge in [-0.2, -0.15) is 0 Å². The molecule has 1 aromatic heterocycles. The maximum Gasteiger partial charge on any atom is 0.293 e. The van der Waals surface area contributed by atoms with E-state index in [2.05, 4.69) is 4.98 Å². The number of ether oxygens (including phenoxy) is 2. The quantitative estimate of drug-likeness (QED) is 0.829. The van der Waals surface area contributed by atoms with Gasteiger partial charge in [-0.15, -0.1) is 0 Å². The lowest BCUT2D eigenvalue weighted by Gasteiger charge is -2.16. The SMILES string of the molecule is CC.COc1cc([C@@H](Cc2ccncc2)OC=O)ccc1O. The number of pyridine rings is 1. The van der Waals surface area contributed by atoms with Crippen LogP contribution in [-0.2, 0) is 16.0 Å². The molecule has 0 saturated heterocycles. The molecule has 0 aliphatic carbocycles. The van der Waals surface area contributed by atoms with Gasteiger partial charge in [-0.05, 0) is 35.4 Å². The Morgan fingerprint density at radius 1 is 1.23 bits per heavy atom. The van der Waals surface area contributed by atoms with Crippen molar-refractivity contribution in [3.63, 3.8) is 0 Å². The van der Waals surface area contributed by atoms with Crippen LogP contribution in [0.1, 0.15) is 31.1 Å². The van der Waals surface area contributed by atoms with Gasteiger partial charge in [0.25, 0.3) is 6.47 Å². The zero-order chi connectivity index (χ0) is 16.4. The van der Waals surface area contributed by atoms with E-state index in [4.69, 9.17) is 9.47 Å². The highest BCUT2D eigenvalue weighted by atomic mass is 16.5. The average Bonchev–Trinajstić information content (AvgIpc) is 2.58. The van der Waals surface area contributed by atoms with Gasteiger partial charge in [-0.3, -0.25) is 9.78 Å². The fraction of sp³-hybridized carbons (Fsp3) is 0.294. The molecule has 0 saturated carbocycles. The van der Waals surface area contributed by atoms with Crippen molar-refractivity contribution in [2.24, 2.45) is 0 Å². The maximum absolute atomic E-state index is 10.7. The number of benzene rings is 1. The summed E-state index contributed by atoms with van der Waals surface area (Å²) in [6.45, 7) is 4.42. The average molecular weight is 303 g/mol. The maximum atomic E-state index is 10.7. The first-order valence-electron chi connectivity index (χ1n) is 7.09. The topological polar surface area (TPSA) is 68.7 Å². The smallest absolute Gasteiger partial charge is 0.293 e. The van der Waals surface area contributed by atoms with Crippen molar-refractivity contribution in [3.05, 3.63) is 53.9 Å². The Kier molecular flexibility index (Phi) is 7.47. The van der Waals surface area contributed by atoms with Gasteiger partial charge in [0.1, 0.15) is 6.10 Å². The molecule has 0 unspecified atom stereocenters. The summed E-state index contributed by atoms with van der Waals surface area (Å²) in [4.78, 5) is 14.6. The van der Waals surface area contributed by atoms with E-state index in [1.54, 1.807) is 24.5 Å². The second kappa shape index (κ2) is 9.39. The lowest BCUT2D eigenvalue weighted by atomic mass is 10.0. The van der Waals surface area contributed by atoms with Crippen molar-refractivity contribution in [2.75, 3.05) is 7.11 Å². The minimum Gasteiger partial charge on any atom is -0.504 e. The first kappa shape index (κ1) is 17.5. The molecule has 22 heavy (non-hydrogen) atoms. The van der Waals surface area contributed by atoms with E-state index in [9.17, 15) is 9.90 Å². The van der Waals surface area contributed by atoms with Gasteiger partial charge < -0.3 is 14.6 Å². The fourth-order valence-electron chi connectivity index (χ4n) is 1.94. The van der Waals surface area contributed by atoms with Gasteiger partial charge in [-0.1, -0.05) is 19.9 Å². The number of carbonyl (C=O) groups is 1. The number of methoxy groups -OCH3 is 1. The van der Waals surface area contributed by atoms with Gasteiger partial charge in [0.15, 0.2) is 11.5 Å². The van der Waals surface area contributed by atoms with Gasteiger partial charge in [0, 0.05) is 18.8 Å². The van der Waals surface area contributed by atoms with Crippen LogP contribution in [0.15, 0.2) is 42.7 Å². The van der Waals surface area contributed by atoms with Gasteiger partial charge in [0.2, 0.25) is 0 Å². The number of hydrogen-bond acceptors (Lipinski definition) is 5. The third-order valence-corrected chi connectivity index (χ3v) is 2.97. The molecular formula is C17H21NO4. The molecule has 0 spiro atoms. The molecule has 0 bridgehead atoms. The Balaban J connectivity index is 0.00000116. The van der Waals surface area contributed by atoms with Gasteiger partial charge in [0.05, 0.1) is 7.11 Å². The third-order valence-electron chi connectivity index (χ3n) is 2.97. The molecule has 5 nitrogen and oxygen atoms in total. The second-order valence-corrected chi connectivity index (χ2v) is 4.21. The van der Waals surface area contributed by atoms with E-state index in [0.29, 0.717) is 18.6 Å². The zero-order valence-electron chi connectivity index (χ0n) is 13.0. The van der Waals surface area contributed by atoms with E-state index in [-0.39, 0.29) is 5.75 Å². The predicted octanol–water partition coefficient (Wildman–Crippen LogP) is 3.28. The van der Waals surface area contributed by atoms with Crippen molar-refractivity contribution in [1.29, 1.82) is 0 Å². The minimum absolute atomic E-state index is 0.0463. The van der Waals surface area contributed by atoms with Crippen LogP contribution in [0.4, 0.5) is 0 Å². The van der Waals surface area contributed by atoms with Crippen LogP contribution in [0.5, 0.6) is 11.5 Å².